The molecule has 0 saturated carbocycles. The zero-order valence-electron chi connectivity index (χ0n) is 20.9. The zero-order valence-corrected chi connectivity index (χ0v) is 22.4. The van der Waals surface area contributed by atoms with E-state index in [4.69, 9.17) is 23.2 Å². The minimum Gasteiger partial charge on any atom is -0.352 e. The molecule has 0 radical (unpaired) electrons. The minimum atomic E-state index is -1.62. The molecule has 0 amide bonds. The molecule has 4 aromatic rings. The lowest BCUT2D eigenvalue weighted by molar-refractivity contribution is 0.0666. The molecule has 4 aromatic carbocycles. The van der Waals surface area contributed by atoms with Crippen LogP contribution in [-0.2, 0) is 0 Å². The van der Waals surface area contributed by atoms with Crippen LogP contribution >= 0.6 is 23.2 Å². The Balaban J connectivity index is 1.54. The number of carbonyl (C=O) groups is 3. The standard InChI is InChI=1S/C33H20Cl2FNO3/c34-21-10-5-18(6-11-21)28-29(30(38)19-7-13-23(36)14-8-19)37-26-15-12-22(35)17-20(26)9-16-27(37)33(28)31(39)24-3-1-2-4-25(24)32(33)40/h1-17,27-29H/t27?,28-,29+/m0/s1. The maximum absolute atomic E-state index is 14.6. The predicted molar refractivity (Wildman–Crippen MR) is 153 cm³/mol. The molecule has 7 rings (SSSR count). The monoisotopic (exact) mass is 567 g/mol. The average molecular weight is 568 g/mol. The van der Waals surface area contributed by atoms with Crippen molar-refractivity contribution >= 4 is 52.3 Å². The fourth-order valence-electron chi connectivity index (χ4n) is 6.78. The highest BCUT2D eigenvalue weighted by Gasteiger charge is 2.71. The van der Waals surface area contributed by atoms with Gasteiger partial charge in [0.2, 0.25) is 0 Å². The van der Waals surface area contributed by atoms with Gasteiger partial charge in [-0.15, -0.1) is 0 Å². The first-order valence-electron chi connectivity index (χ1n) is 12.8. The summed E-state index contributed by atoms with van der Waals surface area (Å²) < 4.78 is 13.9. The molecule has 1 saturated heterocycles. The number of anilines is 1. The van der Waals surface area contributed by atoms with Crippen LogP contribution in [0.25, 0.3) is 6.08 Å². The molecule has 0 aromatic heterocycles. The van der Waals surface area contributed by atoms with Gasteiger partial charge in [0.15, 0.2) is 17.3 Å². The second-order valence-corrected chi connectivity index (χ2v) is 11.2. The Morgan fingerprint density at radius 1 is 0.800 bits per heavy atom. The normalized spacial score (nSPS) is 21.9. The van der Waals surface area contributed by atoms with E-state index in [9.17, 15) is 18.8 Å². The summed E-state index contributed by atoms with van der Waals surface area (Å²) in [5.74, 6) is -2.30. The first-order chi connectivity index (χ1) is 19.3. The van der Waals surface area contributed by atoms with Gasteiger partial charge in [-0.05, 0) is 65.7 Å². The number of halogens is 3. The maximum Gasteiger partial charge on any atom is 0.185 e. The third kappa shape index (κ3) is 3.34. The molecule has 1 unspecified atom stereocenters. The van der Waals surface area contributed by atoms with Crippen molar-refractivity contribution in [2.45, 2.75) is 18.0 Å². The van der Waals surface area contributed by atoms with Gasteiger partial charge in [0.25, 0.3) is 0 Å². The SMILES string of the molecule is O=C(c1ccc(F)cc1)[C@H]1[C@H](c2ccc(Cl)cc2)C2(C(=O)c3ccccc3C2=O)C2C=Cc3cc(Cl)ccc3N21. The van der Waals surface area contributed by atoms with Gasteiger partial charge in [-0.2, -0.15) is 0 Å². The number of Topliss-reactive ketones (excluding diaryl/α,β-unsaturated/α-hetero) is 3. The van der Waals surface area contributed by atoms with E-state index >= 15 is 0 Å². The van der Waals surface area contributed by atoms with Crippen LogP contribution in [0, 0.1) is 11.2 Å². The molecule has 0 bridgehead atoms. The van der Waals surface area contributed by atoms with Crippen molar-refractivity contribution in [1.82, 2.24) is 0 Å². The van der Waals surface area contributed by atoms with E-state index in [1.54, 1.807) is 60.7 Å². The molecule has 3 aliphatic rings. The number of hydrogen-bond acceptors (Lipinski definition) is 4. The summed E-state index contributed by atoms with van der Waals surface area (Å²) in [5, 5.41) is 1.01. The highest BCUT2D eigenvalue weighted by molar-refractivity contribution is 6.33. The van der Waals surface area contributed by atoms with E-state index in [0.717, 1.165) is 5.56 Å². The van der Waals surface area contributed by atoms with Crippen molar-refractivity contribution in [3.8, 4) is 0 Å². The van der Waals surface area contributed by atoms with Gasteiger partial charge in [0, 0.05) is 38.3 Å². The Morgan fingerprint density at radius 2 is 1.43 bits per heavy atom. The number of hydrogen-bond donors (Lipinski definition) is 0. The van der Waals surface area contributed by atoms with E-state index in [0.29, 0.717) is 32.4 Å². The largest absolute Gasteiger partial charge is 0.352 e. The van der Waals surface area contributed by atoms with Crippen molar-refractivity contribution in [3.63, 3.8) is 0 Å². The Labute approximate surface area is 239 Å². The van der Waals surface area contributed by atoms with Crippen molar-refractivity contribution in [1.29, 1.82) is 0 Å². The molecule has 2 heterocycles. The lowest BCUT2D eigenvalue weighted by Crippen LogP contribution is -2.48. The Hall–Kier alpha value is -4.06. The fourth-order valence-corrected chi connectivity index (χ4v) is 7.08. The van der Waals surface area contributed by atoms with Crippen LogP contribution in [0.5, 0.6) is 0 Å². The third-order valence-electron chi connectivity index (χ3n) is 8.39. The molecule has 1 fully saturated rings. The molecule has 4 nitrogen and oxygen atoms in total. The summed E-state index contributed by atoms with van der Waals surface area (Å²) in [5.41, 5.74) is 1.44. The number of benzene rings is 4. The molecule has 2 aliphatic heterocycles. The van der Waals surface area contributed by atoms with Crippen LogP contribution in [-0.4, -0.2) is 29.4 Å². The van der Waals surface area contributed by atoms with Crippen molar-refractivity contribution in [2.24, 2.45) is 5.41 Å². The highest BCUT2D eigenvalue weighted by Crippen LogP contribution is 2.61. The number of fused-ring (bicyclic) bond motifs is 5. The Morgan fingerprint density at radius 3 is 2.08 bits per heavy atom. The van der Waals surface area contributed by atoms with Crippen molar-refractivity contribution in [3.05, 3.63) is 141 Å². The minimum absolute atomic E-state index is 0.279. The predicted octanol–water partition coefficient (Wildman–Crippen LogP) is 7.45. The summed E-state index contributed by atoms with van der Waals surface area (Å²) in [6.45, 7) is 0. The summed E-state index contributed by atoms with van der Waals surface area (Å²) in [6.07, 6.45) is 3.69. The highest BCUT2D eigenvalue weighted by atomic mass is 35.5. The molecule has 0 N–H and O–H groups in total. The first kappa shape index (κ1) is 24.9. The van der Waals surface area contributed by atoms with Crippen molar-refractivity contribution in [2.75, 3.05) is 4.90 Å². The van der Waals surface area contributed by atoms with E-state index in [1.807, 2.05) is 23.1 Å². The molecule has 1 spiro atoms. The third-order valence-corrected chi connectivity index (χ3v) is 8.88. The zero-order chi connectivity index (χ0) is 27.8. The van der Waals surface area contributed by atoms with Gasteiger partial charge < -0.3 is 4.90 Å². The van der Waals surface area contributed by atoms with Crippen LogP contribution in [0.3, 0.4) is 0 Å². The first-order valence-corrected chi connectivity index (χ1v) is 13.6. The number of nitrogens with zero attached hydrogens (tertiary/aromatic N) is 1. The van der Waals surface area contributed by atoms with Crippen LogP contribution in [0.1, 0.15) is 48.1 Å². The van der Waals surface area contributed by atoms with Gasteiger partial charge >= 0.3 is 0 Å². The van der Waals surface area contributed by atoms with Gasteiger partial charge in [0.1, 0.15) is 17.3 Å². The molecule has 3 atom stereocenters. The van der Waals surface area contributed by atoms with Crippen LogP contribution in [0.4, 0.5) is 10.1 Å². The van der Waals surface area contributed by atoms with E-state index in [-0.39, 0.29) is 22.9 Å². The smallest absolute Gasteiger partial charge is 0.185 e. The second kappa shape index (κ2) is 8.98. The quantitative estimate of drug-likeness (QED) is 0.190. The Bertz CT molecular complexity index is 1730. The molecule has 7 heteroatoms. The van der Waals surface area contributed by atoms with Crippen LogP contribution in [0.2, 0.25) is 10.0 Å². The van der Waals surface area contributed by atoms with Gasteiger partial charge in [-0.25, -0.2) is 4.39 Å². The van der Waals surface area contributed by atoms with Crippen molar-refractivity contribution < 1.29 is 18.8 Å². The van der Waals surface area contributed by atoms with Gasteiger partial charge in [-0.1, -0.05) is 71.8 Å². The molecule has 40 heavy (non-hydrogen) atoms. The molecular formula is C33H20Cl2FNO3. The Kier molecular flexibility index (Phi) is 5.60. The second-order valence-electron chi connectivity index (χ2n) is 10.3. The van der Waals surface area contributed by atoms with E-state index in [1.165, 1.54) is 24.3 Å². The summed E-state index contributed by atoms with van der Waals surface area (Å²) >= 11 is 12.6. The van der Waals surface area contributed by atoms with Gasteiger partial charge in [-0.3, -0.25) is 14.4 Å². The van der Waals surface area contributed by atoms with Crippen LogP contribution in [0.15, 0.2) is 97.1 Å². The summed E-state index contributed by atoms with van der Waals surface area (Å²) in [6, 6.07) is 22.7. The number of ketones is 3. The summed E-state index contributed by atoms with van der Waals surface area (Å²) in [4.78, 5) is 45.5. The number of rotatable bonds is 3. The van der Waals surface area contributed by atoms with Gasteiger partial charge in [0.05, 0.1) is 6.04 Å². The number of carbonyl (C=O) groups excluding carboxylic acids is 3. The molecular weight excluding hydrogens is 548 g/mol. The lowest BCUT2D eigenvalue weighted by atomic mass is 9.64. The summed E-state index contributed by atoms with van der Waals surface area (Å²) in [7, 11) is 0. The van der Waals surface area contributed by atoms with E-state index in [2.05, 4.69) is 0 Å². The lowest BCUT2D eigenvalue weighted by Gasteiger charge is -2.37. The van der Waals surface area contributed by atoms with E-state index < -0.39 is 29.2 Å². The fraction of sp³-hybridized carbons (Fsp3) is 0.121. The maximum atomic E-state index is 14.6. The topological polar surface area (TPSA) is 54.5 Å². The molecule has 196 valence electrons. The van der Waals surface area contributed by atoms with Crippen LogP contribution < -0.4 is 4.90 Å². The average Bonchev–Trinajstić information content (AvgIpc) is 3.39. The molecule has 1 aliphatic carbocycles.